The van der Waals surface area contributed by atoms with Crippen LogP contribution in [0.4, 0.5) is 0 Å². The number of methoxy groups -OCH3 is 1. The van der Waals surface area contributed by atoms with Gasteiger partial charge in [0.1, 0.15) is 5.75 Å². The Morgan fingerprint density at radius 3 is 2.94 bits per heavy atom. The van der Waals surface area contributed by atoms with Gasteiger partial charge in [-0.2, -0.15) is 0 Å². The quantitative estimate of drug-likeness (QED) is 0.725. The second kappa shape index (κ2) is 3.98. The fourth-order valence-electron chi connectivity index (χ4n) is 2.87. The third kappa shape index (κ3) is 1.44. The summed E-state index contributed by atoms with van der Waals surface area (Å²) >= 11 is 2.28. The lowest BCUT2D eigenvalue weighted by atomic mass is 9.83. The van der Waals surface area contributed by atoms with Crippen LogP contribution in [0.2, 0.25) is 0 Å². The van der Waals surface area contributed by atoms with E-state index in [-0.39, 0.29) is 11.4 Å². The Hall–Kier alpha value is -1.04. The lowest BCUT2D eigenvalue weighted by Crippen LogP contribution is -2.47. The molecule has 94 valence electrons. The van der Waals surface area contributed by atoms with Gasteiger partial charge in [0.15, 0.2) is 0 Å². The number of hydrogen-bond acceptors (Lipinski definition) is 2. The second-order valence-corrected chi connectivity index (χ2v) is 5.99. The first-order chi connectivity index (χ1) is 8.57. The Balaban J connectivity index is 2.21. The van der Waals surface area contributed by atoms with E-state index in [4.69, 9.17) is 4.74 Å². The van der Waals surface area contributed by atoms with Gasteiger partial charge in [0.25, 0.3) is 0 Å². The van der Waals surface area contributed by atoms with Crippen molar-refractivity contribution in [2.45, 2.75) is 18.9 Å². The van der Waals surface area contributed by atoms with Gasteiger partial charge in [-0.25, -0.2) is 0 Å². The summed E-state index contributed by atoms with van der Waals surface area (Å²) < 4.78 is 6.39. The SMILES string of the molecule is COc1ccc2c(c1)C1(C)C(I)=CC(=O)N1CC2. The van der Waals surface area contributed by atoms with E-state index in [0.717, 1.165) is 22.3 Å². The molecule has 0 saturated carbocycles. The molecule has 2 aliphatic rings. The van der Waals surface area contributed by atoms with E-state index >= 15 is 0 Å². The Labute approximate surface area is 120 Å². The van der Waals surface area contributed by atoms with Gasteiger partial charge < -0.3 is 9.64 Å². The van der Waals surface area contributed by atoms with Crippen LogP contribution in [0.3, 0.4) is 0 Å². The molecule has 0 spiro atoms. The molecular formula is C14H14INO2. The molecule has 1 atom stereocenters. The van der Waals surface area contributed by atoms with Crippen LogP contribution >= 0.6 is 22.6 Å². The van der Waals surface area contributed by atoms with Gasteiger partial charge in [-0.3, -0.25) is 4.79 Å². The molecule has 3 nitrogen and oxygen atoms in total. The largest absolute Gasteiger partial charge is 0.497 e. The van der Waals surface area contributed by atoms with E-state index in [1.807, 2.05) is 11.0 Å². The number of fused-ring (bicyclic) bond motifs is 3. The van der Waals surface area contributed by atoms with E-state index in [0.29, 0.717) is 0 Å². The van der Waals surface area contributed by atoms with Crippen molar-refractivity contribution in [1.29, 1.82) is 0 Å². The molecule has 3 rings (SSSR count). The highest BCUT2D eigenvalue weighted by Crippen LogP contribution is 2.48. The third-order valence-corrected chi connectivity index (χ3v) is 5.33. The molecule has 0 saturated heterocycles. The number of carbonyl (C=O) groups excluding carboxylic acids is 1. The summed E-state index contributed by atoms with van der Waals surface area (Å²) in [6.45, 7) is 2.91. The molecule has 0 N–H and O–H groups in total. The average molecular weight is 355 g/mol. The first-order valence-electron chi connectivity index (χ1n) is 5.94. The van der Waals surface area contributed by atoms with Crippen molar-refractivity contribution in [3.63, 3.8) is 0 Å². The number of amides is 1. The highest BCUT2D eigenvalue weighted by atomic mass is 127. The number of carbonyl (C=O) groups is 1. The highest BCUT2D eigenvalue weighted by Gasteiger charge is 2.47. The van der Waals surface area contributed by atoms with Crippen molar-refractivity contribution < 1.29 is 9.53 Å². The van der Waals surface area contributed by atoms with Crippen molar-refractivity contribution in [1.82, 2.24) is 4.90 Å². The number of halogens is 1. The number of ether oxygens (including phenoxy) is 1. The van der Waals surface area contributed by atoms with Gasteiger partial charge in [0.05, 0.1) is 12.6 Å². The zero-order valence-electron chi connectivity index (χ0n) is 10.4. The van der Waals surface area contributed by atoms with E-state index in [9.17, 15) is 4.79 Å². The molecular weight excluding hydrogens is 341 g/mol. The summed E-state index contributed by atoms with van der Waals surface area (Å²) in [4.78, 5) is 14.0. The first-order valence-corrected chi connectivity index (χ1v) is 7.02. The zero-order valence-corrected chi connectivity index (χ0v) is 12.5. The van der Waals surface area contributed by atoms with Crippen molar-refractivity contribution >= 4 is 28.5 Å². The molecule has 0 fully saturated rings. The predicted molar refractivity (Wildman–Crippen MR) is 77.9 cm³/mol. The third-order valence-electron chi connectivity index (χ3n) is 3.97. The van der Waals surface area contributed by atoms with Gasteiger partial charge >= 0.3 is 0 Å². The minimum atomic E-state index is -0.306. The van der Waals surface area contributed by atoms with Crippen molar-refractivity contribution in [3.05, 3.63) is 39.0 Å². The Morgan fingerprint density at radius 2 is 2.22 bits per heavy atom. The predicted octanol–water partition coefficient (Wildman–Crippen LogP) is 2.63. The van der Waals surface area contributed by atoms with E-state index < -0.39 is 0 Å². The van der Waals surface area contributed by atoms with E-state index in [2.05, 4.69) is 41.6 Å². The van der Waals surface area contributed by atoms with Crippen molar-refractivity contribution in [2.75, 3.05) is 13.7 Å². The van der Waals surface area contributed by atoms with Crippen LogP contribution < -0.4 is 4.74 Å². The fraction of sp³-hybridized carbons (Fsp3) is 0.357. The van der Waals surface area contributed by atoms with Crippen LogP contribution in [-0.2, 0) is 16.8 Å². The van der Waals surface area contributed by atoms with Gasteiger partial charge in [0.2, 0.25) is 5.91 Å². The maximum atomic E-state index is 12.0. The van der Waals surface area contributed by atoms with Crippen LogP contribution in [-0.4, -0.2) is 24.5 Å². The van der Waals surface area contributed by atoms with Crippen LogP contribution in [0, 0.1) is 0 Å². The van der Waals surface area contributed by atoms with E-state index in [1.54, 1.807) is 13.2 Å². The maximum Gasteiger partial charge on any atom is 0.248 e. The molecule has 0 aliphatic carbocycles. The van der Waals surface area contributed by atoms with Gasteiger partial charge in [0, 0.05) is 16.2 Å². The Bertz CT molecular complexity index is 567. The summed E-state index contributed by atoms with van der Waals surface area (Å²) in [5, 5.41) is 0. The number of rotatable bonds is 1. The van der Waals surface area contributed by atoms with Crippen LogP contribution in [0.1, 0.15) is 18.1 Å². The summed E-state index contributed by atoms with van der Waals surface area (Å²) in [6.07, 6.45) is 2.66. The average Bonchev–Trinajstić information content (AvgIpc) is 2.60. The Kier molecular flexibility index (Phi) is 2.66. The van der Waals surface area contributed by atoms with E-state index in [1.165, 1.54) is 11.1 Å². The molecule has 4 heteroatoms. The molecule has 1 amide bonds. The van der Waals surface area contributed by atoms with Gasteiger partial charge in [-0.1, -0.05) is 6.07 Å². The topological polar surface area (TPSA) is 29.5 Å². The fourth-order valence-corrected chi connectivity index (χ4v) is 3.72. The molecule has 2 heterocycles. The number of benzene rings is 1. The zero-order chi connectivity index (χ0) is 12.9. The smallest absolute Gasteiger partial charge is 0.248 e. The summed E-state index contributed by atoms with van der Waals surface area (Å²) in [6, 6.07) is 6.17. The molecule has 2 aliphatic heterocycles. The Morgan fingerprint density at radius 1 is 1.44 bits per heavy atom. The number of hydrogen-bond donors (Lipinski definition) is 0. The van der Waals surface area contributed by atoms with Crippen molar-refractivity contribution in [2.24, 2.45) is 0 Å². The van der Waals surface area contributed by atoms with Crippen molar-refractivity contribution in [3.8, 4) is 5.75 Å². The maximum absolute atomic E-state index is 12.0. The normalized spacial score (nSPS) is 25.6. The summed E-state index contributed by atoms with van der Waals surface area (Å²) in [5.74, 6) is 0.968. The minimum absolute atomic E-state index is 0.121. The highest BCUT2D eigenvalue weighted by molar-refractivity contribution is 14.1. The molecule has 18 heavy (non-hydrogen) atoms. The van der Waals surface area contributed by atoms with Gasteiger partial charge in [-0.15, -0.1) is 0 Å². The first kappa shape index (κ1) is 12.0. The van der Waals surface area contributed by atoms with Gasteiger partial charge in [-0.05, 0) is 59.2 Å². The lowest BCUT2D eigenvalue weighted by molar-refractivity contribution is -0.129. The molecule has 0 bridgehead atoms. The summed E-state index contributed by atoms with van der Waals surface area (Å²) in [5.41, 5.74) is 2.20. The second-order valence-electron chi connectivity index (χ2n) is 4.83. The minimum Gasteiger partial charge on any atom is -0.497 e. The monoisotopic (exact) mass is 355 g/mol. The number of nitrogens with zero attached hydrogens (tertiary/aromatic N) is 1. The molecule has 0 radical (unpaired) electrons. The van der Waals surface area contributed by atoms with Crippen LogP contribution in [0.25, 0.3) is 0 Å². The van der Waals surface area contributed by atoms with Crippen LogP contribution in [0.15, 0.2) is 27.9 Å². The molecule has 1 unspecified atom stereocenters. The molecule has 0 aromatic heterocycles. The lowest BCUT2D eigenvalue weighted by Gasteiger charge is -2.42. The molecule has 1 aromatic carbocycles. The standard InChI is InChI=1S/C14H14INO2/c1-14-11-7-10(18-2)4-3-9(11)5-6-16(14)13(17)8-12(14)15/h3-4,7-8H,5-6H2,1-2H3. The molecule has 1 aromatic rings. The van der Waals surface area contributed by atoms with Crippen LogP contribution in [0.5, 0.6) is 5.75 Å². The summed E-state index contributed by atoms with van der Waals surface area (Å²) in [7, 11) is 1.67.